The van der Waals surface area contributed by atoms with E-state index in [0.29, 0.717) is 37.3 Å². The van der Waals surface area contributed by atoms with Gasteiger partial charge in [0.2, 0.25) is 5.91 Å². The number of hydrogen-bond donors (Lipinski definition) is 1. The van der Waals surface area contributed by atoms with Gasteiger partial charge < -0.3 is 15.1 Å². The van der Waals surface area contributed by atoms with E-state index in [-0.39, 0.29) is 18.4 Å². The molecule has 2 aromatic carbocycles. The van der Waals surface area contributed by atoms with Crippen LogP contribution in [0.15, 0.2) is 48.5 Å². The second kappa shape index (κ2) is 9.32. The zero-order chi connectivity index (χ0) is 20.8. The second-order valence-electron chi connectivity index (χ2n) is 6.91. The molecule has 2 aromatic rings. The summed E-state index contributed by atoms with van der Waals surface area (Å²) in [7, 11) is 0. The number of hydrogen-bond acceptors (Lipinski definition) is 3. The van der Waals surface area contributed by atoms with Crippen LogP contribution < -0.4 is 5.32 Å². The summed E-state index contributed by atoms with van der Waals surface area (Å²) >= 11 is 0. The molecule has 152 valence electrons. The molecule has 0 atom stereocenters. The minimum atomic E-state index is -0.428. The molecule has 1 aliphatic heterocycles. The highest BCUT2D eigenvalue weighted by Gasteiger charge is 2.25. The molecule has 1 fully saturated rings. The third-order valence-corrected chi connectivity index (χ3v) is 5.04. The van der Waals surface area contributed by atoms with Crippen LogP contribution in [0.25, 0.3) is 0 Å². The van der Waals surface area contributed by atoms with Crippen molar-refractivity contribution in [2.75, 3.05) is 32.7 Å². The van der Waals surface area contributed by atoms with Crippen molar-refractivity contribution in [3.63, 3.8) is 0 Å². The van der Waals surface area contributed by atoms with Crippen LogP contribution >= 0.6 is 0 Å². The van der Waals surface area contributed by atoms with Crippen LogP contribution in [-0.4, -0.2) is 60.2 Å². The van der Waals surface area contributed by atoms with Crippen molar-refractivity contribution in [3.05, 3.63) is 71.0 Å². The van der Waals surface area contributed by atoms with Gasteiger partial charge in [-0.05, 0) is 48.4 Å². The molecule has 7 heteroatoms. The predicted molar refractivity (Wildman–Crippen MR) is 107 cm³/mol. The van der Waals surface area contributed by atoms with E-state index < -0.39 is 11.7 Å². The van der Waals surface area contributed by atoms with E-state index in [1.807, 2.05) is 24.3 Å². The van der Waals surface area contributed by atoms with Gasteiger partial charge in [-0.3, -0.25) is 14.4 Å². The summed E-state index contributed by atoms with van der Waals surface area (Å²) in [5.41, 5.74) is 2.12. The van der Waals surface area contributed by atoms with E-state index in [2.05, 4.69) is 12.2 Å². The van der Waals surface area contributed by atoms with Gasteiger partial charge in [-0.15, -0.1) is 0 Å². The number of halogens is 1. The first-order chi connectivity index (χ1) is 14.0. The Morgan fingerprint density at radius 1 is 0.862 bits per heavy atom. The Bertz CT molecular complexity index is 873. The fraction of sp³-hybridized carbons (Fsp3) is 0.318. The summed E-state index contributed by atoms with van der Waals surface area (Å²) in [6, 6.07) is 12.7. The molecule has 3 amide bonds. The van der Waals surface area contributed by atoms with E-state index >= 15 is 0 Å². The number of benzene rings is 2. The number of piperazine rings is 1. The first-order valence-corrected chi connectivity index (χ1v) is 9.67. The monoisotopic (exact) mass is 397 g/mol. The first kappa shape index (κ1) is 20.5. The molecule has 0 bridgehead atoms. The standard InChI is InChI=1S/C22H24FN3O3/c1-2-16-3-5-18(6-4-16)22(29)26-13-11-25(12-14-26)20(27)15-24-21(28)17-7-9-19(23)10-8-17/h3-10H,2,11-15H2,1H3,(H,24,28). The molecule has 1 saturated heterocycles. The summed E-state index contributed by atoms with van der Waals surface area (Å²) in [6.45, 7) is 3.67. The Morgan fingerprint density at radius 3 is 2.00 bits per heavy atom. The fourth-order valence-electron chi connectivity index (χ4n) is 3.20. The lowest BCUT2D eigenvalue weighted by Crippen LogP contribution is -2.52. The van der Waals surface area contributed by atoms with E-state index in [4.69, 9.17) is 0 Å². The van der Waals surface area contributed by atoms with Crippen molar-refractivity contribution >= 4 is 17.7 Å². The van der Waals surface area contributed by atoms with E-state index in [1.54, 1.807) is 9.80 Å². The lowest BCUT2D eigenvalue weighted by molar-refractivity contribution is -0.131. The fourth-order valence-corrected chi connectivity index (χ4v) is 3.20. The number of carbonyl (C=O) groups excluding carboxylic acids is 3. The number of aryl methyl sites for hydroxylation is 1. The minimum Gasteiger partial charge on any atom is -0.343 e. The lowest BCUT2D eigenvalue weighted by atomic mass is 10.1. The van der Waals surface area contributed by atoms with Gasteiger partial charge >= 0.3 is 0 Å². The molecule has 0 saturated carbocycles. The number of carbonyl (C=O) groups is 3. The molecule has 0 aromatic heterocycles. The average molecular weight is 397 g/mol. The van der Waals surface area contributed by atoms with Gasteiger partial charge in [0.25, 0.3) is 11.8 Å². The third kappa shape index (κ3) is 5.19. The number of nitrogens with zero attached hydrogens (tertiary/aromatic N) is 2. The molecule has 1 aliphatic rings. The Kier molecular flexibility index (Phi) is 6.59. The summed E-state index contributed by atoms with van der Waals surface area (Å²) < 4.78 is 12.9. The van der Waals surface area contributed by atoms with E-state index in [1.165, 1.54) is 29.8 Å². The van der Waals surface area contributed by atoms with Gasteiger partial charge in [0.05, 0.1) is 6.54 Å². The highest BCUT2D eigenvalue weighted by molar-refractivity contribution is 5.96. The first-order valence-electron chi connectivity index (χ1n) is 9.67. The Balaban J connectivity index is 1.46. The average Bonchev–Trinajstić information content (AvgIpc) is 2.77. The van der Waals surface area contributed by atoms with Crippen molar-refractivity contribution in [2.45, 2.75) is 13.3 Å². The van der Waals surface area contributed by atoms with Gasteiger partial charge in [0.15, 0.2) is 0 Å². The molecular weight excluding hydrogens is 373 g/mol. The van der Waals surface area contributed by atoms with E-state index in [0.717, 1.165) is 6.42 Å². The van der Waals surface area contributed by atoms with E-state index in [9.17, 15) is 18.8 Å². The smallest absolute Gasteiger partial charge is 0.253 e. The van der Waals surface area contributed by atoms with Crippen LogP contribution in [0.2, 0.25) is 0 Å². The largest absolute Gasteiger partial charge is 0.343 e. The van der Waals surface area contributed by atoms with Gasteiger partial charge in [0, 0.05) is 37.3 Å². The van der Waals surface area contributed by atoms with Crippen LogP contribution in [0.3, 0.4) is 0 Å². The maximum atomic E-state index is 12.9. The van der Waals surface area contributed by atoms with Crippen molar-refractivity contribution in [3.8, 4) is 0 Å². The summed E-state index contributed by atoms with van der Waals surface area (Å²) in [6.07, 6.45) is 0.924. The minimum absolute atomic E-state index is 0.0376. The van der Waals surface area contributed by atoms with Crippen molar-refractivity contribution < 1.29 is 18.8 Å². The predicted octanol–water partition coefficient (Wildman–Crippen LogP) is 2.10. The molecule has 3 rings (SSSR count). The molecule has 1 N–H and O–H groups in total. The SMILES string of the molecule is CCc1ccc(C(=O)N2CCN(C(=O)CNC(=O)c3ccc(F)cc3)CC2)cc1. The molecule has 0 aliphatic carbocycles. The molecule has 0 radical (unpaired) electrons. The Morgan fingerprint density at radius 2 is 1.41 bits per heavy atom. The molecule has 0 unspecified atom stereocenters. The number of amides is 3. The molecule has 1 heterocycles. The Hall–Kier alpha value is -3.22. The third-order valence-electron chi connectivity index (χ3n) is 5.04. The highest BCUT2D eigenvalue weighted by Crippen LogP contribution is 2.11. The van der Waals surface area contributed by atoms with Crippen LogP contribution in [0, 0.1) is 5.82 Å². The quantitative estimate of drug-likeness (QED) is 0.840. The maximum absolute atomic E-state index is 12.9. The molecule has 0 spiro atoms. The van der Waals surface area contributed by atoms with Crippen LogP contribution in [0.5, 0.6) is 0 Å². The van der Waals surface area contributed by atoms with Gasteiger partial charge in [-0.1, -0.05) is 19.1 Å². The lowest BCUT2D eigenvalue weighted by Gasteiger charge is -2.35. The molecule has 29 heavy (non-hydrogen) atoms. The number of nitrogens with one attached hydrogen (secondary N) is 1. The normalized spacial score (nSPS) is 13.9. The maximum Gasteiger partial charge on any atom is 0.253 e. The summed E-state index contributed by atoms with van der Waals surface area (Å²) in [4.78, 5) is 40.4. The van der Waals surface area contributed by atoms with Crippen molar-refractivity contribution in [1.29, 1.82) is 0 Å². The van der Waals surface area contributed by atoms with Crippen molar-refractivity contribution in [2.24, 2.45) is 0 Å². The zero-order valence-corrected chi connectivity index (χ0v) is 16.4. The number of rotatable bonds is 5. The van der Waals surface area contributed by atoms with Gasteiger partial charge in [-0.2, -0.15) is 0 Å². The highest BCUT2D eigenvalue weighted by atomic mass is 19.1. The van der Waals surface area contributed by atoms with Crippen LogP contribution in [0.1, 0.15) is 33.2 Å². The summed E-state index contributed by atoms with van der Waals surface area (Å²) in [5.74, 6) is -1.10. The van der Waals surface area contributed by atoms with Gasteiger partial charge in [-0.25, -0.2) is 4.39 Å². The van der Waals surface area contributed by atoms with Crippen molar-refractivity contribution in [1.82, 2.24) is 15.1 Å². The molecular formula is C22H24FN3O3. The van der Waals surface area contributed by atoms with Crippen LogP contribution in [0.4, 0.5) is 4.39 Å². The topological polar surface area (TPSA) is 69.7 Å². The van der Waals surface area contributed by atoms with Gasteiger partial charge in [0.1, 0.15) is 5.82 Å². The Labute approximate surface area is 169 Å². The second-order valence-corrected chi connectivity index (χ2v) is 6.91. The zero-order valence-electron chi connectivity index (χ0n) is 16.4. The summed E-state index contributed by atoms with van der Waals surface area (Å²) in [5, 5.41) is 2.55. The van der Waals surface area contributed by atoms with Crippen LogP contribution in [-0.2, 0) is 11.2 Å². The molecule has 6 nitrogen and oxygen atoms in total.